The normalized spacial score (nSPS) is 12.0. The second kappa shape index (κ2) is 7.70. The Bertz CT molecular complexity index is 1000. The molecule has 9 nitrogen and oxygen atoms in total. The quantitative estimate of drug-likeness (QED) is 0.547. The van der Waals surface area contributed by atoms with E-state index in [2.05, 4.69) is 5.10 Å². The van der Waals surface area contributed by atoms with Crippen LogP contribution in [0.4, 0.5) is 10.5 Å². The molecule has 0 radical (unpaired) electrons. The molecule has 0 saturated heterocycles. The molecule has 0 fully saturated rings. The number of hydrogen-bond donors (Lipinski definition) is 0. The molecule has 0 saturated carbocycles. The van der Waals surface area contributed by atoms with E-state index in [0.717, 1.165) is 16.8 Å². The first kappa shape index (κ1) is 21.5. The topological polar surface area (TPSA) is 121 Å². The zero-order chi connectivity index (χ0) is 21.3. The second-order valence-corrected chi connectivity index (χ2v) is 8.96. The standard InChI is InChI=1S/C18H23N3O6S/c1-6-14-16(15(7-2)20(19-14)17(22)27-18(3,4)5)28(25,26)13-10-8-12(9-11-13)21(23)24/h8-11H,6-7H2,1-5H3. The Morgan fingerprint density at radius 1 is 1.18 bits per heavy atom. The summed E-state index contributed by atoms with van der Waals surface area (Å²) in [5.74, 6) is 0. The lowest BCUT2D eigenvalue weighted by Crippen LogP contribution is -2.29. The van der Waals surface area contributed by atoms with Crippen LogP contribution in [0.25, 0.3) is 0 Å². The van der Waals surface area contributed by atoms with Gasteiger partial charge in [-0.05, 0) is 45.7 Å². The number of nitrogens with zero attached hydrogens (tertiary/aromatic N) is 3. The molecule has 152 valence electrons. The Hall–Kier alpha value is -2.75. The van der Waals surface area contributed by atoms with Crippen molar-refractivity contribution in [2.45, 2.75) is 62.9 Å². The van der Waals surface area contributed by atoms with E-state index in [1.54, 1.807) is 34.6 Å². The number of nitro groups is 1. The van der Waals surface area contributed by atoms with Gasteiger partial charge < -0.3 is 4.74 Å². The molecule has 10 heteroatoms. The van der Waals surface area contributed by atoms with E-state index in [1.807, 2.05) is 0 Å². The summed E-state index contributed by atoms with van der Waals surface area (Å²) in [5, 5.41) is 15.0. The molecule has 0 spiro atoms. The number of rotatable bonds is 5. The predicted molar refractivity (Wildman–Crippen MR) is 101 cm³/mol. The minimum atomic E-state index is -4.04. The van der Waals surface area contributed by atoms with E-state index in [9.17, 15) is 23.3 Å². The lowest BCUT2D eigenvalue weighted by molar-refractivity contribution is -0.384. The Balaban J connectivity index is 2.63. The van der Waals surface area contributed by atoms with Crippen molar-refractivity contribution in [2.24, 2.45) is 0 Å². The first-order chi connectivity index (χ1) is 12.9. The summed E-state index contributed by atoms with van der Waals surface area (Å²) >= 11 is 0. The highest BCUT2D eigenvalue weighted by Crippen LogP contribution is 2.30. The number of ether oxygens (including phenoxy) is 1. The second-order valence-electron chi connectivity index (χ2n) is 7.08. The predicted octanol–water partition coefficient (Wildman–Crippen LogP) is 3.53. The summed E-state index contributed by atoms with van der Waals surface area (Å²) in [4.78, 5) is 22.6. The maximum Gasteiger partial charge on any atom is 0.435 e. The maximum absolute atomic E-state index is 13.2. The molecule has 0 N–H and O–H groups in total. The molecular formula is C18H23N3O6S. The number of benzene rings is 1. The number of carbonyl (C=O) groups is 1. The van der Waals surface area contributed by atoms with Gasteiger partial charge in [-0.1, -0.05) is 13.8 Å². The molecule has 2 rings (SSSR count). The fourth-order valence-electron chi connectivity index (χ4n) is 2.66. The third-order valence-corrected chi connectivity index (χ3v) is 5.76. The average Bonchev–Trinajstić information content (AvgIpc) is 3.00. The summed E-state index contributed by atoms with van der Waals surface area (Å²) in [6.45, 7) is 8.56. The SMILES string of the molecule is CCc1nn(C(=O)OC(C)(C)C)c(CC)c1S(=O)(=O)c1ccc([N+](=O)[O-])cc1. The van der Waals surface area contributed by atoms with Gasteiger partial charge in [0, 0.05) is 12.1 Å². The third-order valence-electron chi connectivity index (χ3n) is 3.86. The van der Waals surface area contributed by atoms with Gasteiger partial charge in [-0.15, -0.1) is 0 Å². The Kier molecular flexibility index (Phi) is 5.93. The first-order valence-corrected chi connectivity index (χ1v) is 10.2. The van der Waals surface area contributed by atoms with E-state index in [-0.39, 0.29) is 39.7 Å². The van der Waals surface area contributed by atoms with Gasteiger partial charge in [-0.3, -0.25) is 10.1 Å². The minimum absolute atomic E-state index is 0.0581. The van der Waals surface area contributed by atoms with Crippen LogP contribution >= 0.6 is 0 Å². The number of aromatic nitrogens is 2. The van der Waals surface area contributed by atoms with Crippen molar-refractivity contribution >= 4 is 21.6 Å². The fraction of sp³-hybridized carbons (Fsp3) is 0.444. The third kappa shape index (κ3) is 4.22. The highest BCUT2D eigenvalue weighted by molar-refractivity contribution is 7.91. The summed E-state index contributed by atoms with van der Waals surface area (Å²) in [5.41, 5.74) is -0.530. The van der Waals surface area contributed by atoms with Crippen molar-refractivity contribution in [3.8, 4) is 0 Å². The van der Waals surface area contributed by atoms with Gasteiger partial charge in [0.1, 0.15) is 10.5 Å². The minimum Gasteiger partial charge on any atom is -0.442 e. The number of nitro benzene ring substituents is 1. The van der Waals surface area contributed by atoms with E-state index in [0.29, 0.717) is 0 Å². The average molecular weight is 409 g/mol. The number of non-ortho nitro benzene ring substituents is 1. The van der Waals surface area contributed by atoms with Crippen LogP contribution in [0.2, 0.25) is 0 Å². The molecule has 1 aromatic heterocycles. The maximum atomic E-state index is 13.2. The van der Waals surface area contributed by atoms with E-state index >= 15 is 0 Å². The van der Waals surface area contributed by atoms with Gasteiger partial charge in [0.25, 0.3) is 5.69 Å². The molecule has 1 heterocycles. The molecule has 0 aliphatic carbocycles. The number of sulfone groups is 1. The molecule has 0 atom stereocenters. The van der Waals surface area contributed by atoms with Crippen LogP contribution in [0.3, 0.4) is 0 Å². The molecular weight excluding hydrogens is 386 g/mol. The lowest BCUT2D eigenvalue weighted by Gasteiger charge is -2.19. The van der Waals surface area contributed by atoms with Gasteiger partial charge >= 0.3 is 6.09 Å². The molecule has 0 unspecified atom stereocenters. The van der Waals surface area contributed by atoms with Crippen LogP contribution in [-0.2, 0) is 27.4 Å². The number of hydrogen-bond acceptors (Lipinski definition) is 7. The molecule has 0 bridgehead atoms. The highest BCUT2D eigenvalue weighted by Gasteiger charge is 2.32. The van der Waals surface area contributed by atoms with Gasteiger partial charge in [0.05, 0.1) is 21.2 Å². The fourth-order valence-corrected chi connectivity index (χ4v) is 4.43. The summed E-state index contributed by atoms with van der Waals surface area (Å²) < 4.78 is 32.8. The molecule has 0 aliphatic rings. The molecule has 0 aliphatic heterocycles. The van der Waals surface area contributed by atoms with E-state index in [4.69, 9.17) is 4.74 Å². The van der Waals surface area contributed by atoms with Crippen molar-refractivity contribution in [1.29, 1.82) is 0 Å². The summed E-state index contributed by atoms with van der Waals surface area (Å²) in [6.07, 6.45) is -0.248. The number of carbonyl (C=O) groups excluding carboxylic acids is 1. The smallest absolute Gasteiger partial charge is 0.435 e. The van der Waals surface area contributed by atoms with Crippen molar-refractivity contribution in [3.05, 3.63) is 45.8 Å². The van der Waals surface area contributed by atoms with Gasteiger partial charge in [-0.25, -0.2) is 13.2 Å². The number of aryl methyl sites for hydroxylation is 1. The Labute approximate surface area is 163 Å². The Morgan fingerprint density at radius 2 is 1.75 bits per heavy atom. The molecule has 1 aromatic carbocycles. The molecule has 28 heavy (non-hydrogen) atoms. The van der Waals surface area contributed by atoms with Crippen LogP contribution in [0.1, 0.15) is 46.0 Å². The van der Waals surface area contributed by atoms with Crippen molar-refractivity contribution < 1.29 is 22.9 Å². The largest absolute Gasteiger partial charge is 0.442 e. The van der Waals surface area contributed by atoms with Crippen LogP contribution in [0, 0.1) is 10.1 Å². The van der Waals surface area contributed by atoms with E-state index in [1.165, 1.54) is 12.1 Å². The first-order valence-electron chi connectivity index (χ1n) is 8.76. The Morgan fingerprint density at radius 3 is 2.18 bits per heavy atom. The summed E-state index contributed by atoms with van der Waals surface area (Å²) in [6, 6.07) is 4.61. The monoisotopic (exact) mass is 409 g/mol. The lowest BCUT2D eigenvalue weighted by atomic mass is 10.2. The molecule has 0 amide bonds. The van der Waals surface area contributed by atoms with Crippen LogP contribution in [-0.4, -0.2) is 34.8 Å². The van der Waals surface area contributed by atoms with Gasteiger partial charge in [-0.2, -0.15) is 9.78 Å². The zero-order valence-corrected chi connectivity index (χ0v) is 17.2. The van der Waals surface area contributed by atoms with E-state index < -0.39 is 26.5 Å². The van der Waals surface area contributed by atoms with Crippen molar-refractivity contribution in [3.63, 3.8) is 0 Å². The van der Waals surface area contributed by atoms with Gasteiger partial charge in [0.2, 0.25) is 9.84 Å². The van der Waals surface area contributed by atoms with Crippen LogP contribution in [0.15, 0.2) is 34.1 Å². The zero-order valence-electron chi connectivity index (χ0n) is 16.4. The van der Waals surface area contributed by atoms with Crippen LogP contribution < -0.4 is 0 Å². The molecule has 2 aromatic rings. The summed E-state index contributed by atoms with van der Waals surface area (Å²) in [7, 11) is -4.04. The van der Waals surface area contributed by atoms with Gasteiger partial charge in [0.15, 0.2) is 0 Å². The highest BCUT2D eigenvalue weighted by atomic mass is 32.2. The van der Waals surface area contributed by atoms with Crippen molar-refractivity contribution in [1.82, 2.24) is 9.78 Å². The van der Waals surface area contributed by atoms with Crippen molar-refractivity contribution in [2.75, 3.05) is 0 Å². The van der Waals surface area contributed by atoms with Crippen LogP contribution in [0.5, 0.6) is 0 Å².